The van der Waals surface area contributed by atoms with Gasteiger partial charge in [0.2, 0.25) is 0 Å². The molecule has 1 aromatic heterocycles. The molecule has 0 fully saturated rings. The Morgan fingerprint density at radius 2 is 1.70 bits per heavy atom. The molecule has 0 saturated carbocycles. The summed E-state index contributed by atoms with van der Waals surface area (Å²) in [5.74, 6) is 0.0973. The molecule has 178 valence electrons. The van der Waals surface area contributed by atoms with Gasteiger partial charge in [0, 0.05) is 25.3 Å². The van der Waals surface area contributed by atoms with E-state index in [9.17, 15) is 13.2 Å². The second-order valence-electron chi connectivity index (χ2n) is 6.85. The zero-order valence-corrected chi connectivity index (χ0v) is 20.5. The van der Waals surface area contributed by atoms with Gasteiger partial charge in [0.15, 0.2) is 26.1 Å². The Morgan fingerprint density at radius 3 is 2.30 bits per heavy atom. The van der Waals surface area contributed by atoms with Crippen LogP contribution in [-0.4, -0.2) is 59.2 Å². The molecule has 0 atom stereocenters. The predicted octanol–water partition coefficient (Wildman–Crippen LogP) is 2.67. The van der Waals surface area contributed by atoms with Crippen molar-refractivity contribution in [2.24, 2.45) is 4.99 Å². The van der Waals surface area contributed by atoms with Crippen molar-refractivity contribution in [1.82, 2.24) is 4.57 Å². The van der Waals surface area contributed by atoms with Crippen molar-refractivity contribution < 1.29 is 32.2 Å². The van der Waals surface area contributed by atoms with Crippen molar-refractivity contribution in [2.45, 2.75) is 18.4 Å². The summed E-state index contributed by atoms with van der Waals surface area (Å²) in [4.78, 5) is 17.2. The van der Waals surface area contributed by atoms with E-state index in [1.54, 1.807) is 26.4 Å². The van der Waals surface area contributed by atoms with Gasteiger partial charge in [0.05, 0.1) is 43.0 Å². The third kappa shape index (κ3) is 5.73. The number of carbonyl (C=O) groups is 1. The van der Waals surface area contributed by atoms with E-state index in [1.807, 2.05) is 11.5 Å². The lowest BCUT2D eigenvalue weighted by Gasteiger charge is -2.09. The predicted molar refractivity (Wildman–Crippen MR) is 125 cm³/mol. The Labute approximate surface area is 196 Å². The fourth-order valence-electron chi connectivity index (χ4n) is 3.17. The van der Waals surface area contributed by atoms with Gasteiger partial charge in [-0.25, -0.2) is 8.42 Å². The van der Waals surface area contributed by atoms with Crippen LogP contribution in [0.15, 0.2) is 46.3 Å². The number of nitrogens with zero attached hydrogens (tertiary/aromatic N) is 2. The molecule has 11 heteroatoms. The maximum atomic E-state index is 12.7. The Bertz CT molecular complexity index is 1290. The number of amides is 1. The van der Waals surface area contributed by atoms with Crippen LogP contribution >= 0.6 is 11.3 Å². The summed E-state index contributed by atoms with van der Waals surface area (Å²) >= 11 is 1.26. The quantitative estimate of drug-likeness (QED) is 0.399. The van der Waals surface area contributed by atoms with Crippen molar-refractivity contribution >= 4 is 37.3 Å². The third-order valence-corrected chi connectivity index (χ3v) is 7.46. The van der Waals surface area contributed by atoms with Gasteiger partial charge in [0.25, 0.3) is 5.91 Å². The molecule has 0 aliphatic rings. The number of aromatic nitrogens is 1. The van der Waals surface area contributed by atoms with Gasteiger partial charge in [0.1, 0.15) is 11.5 Å². The lowest BCUT2D eigenvalue weighted by Crippen LogP contribution is -2.22. The lowest BCUT2D eigenvalue weighted by atomic mass is 10.3. The van der Waals surface area contributed by atoms with Crippen LogP contribution in [0.1, 0.15) is 6.92 Å². The maximum absolute atomic E-state index is 12.7. The third-order valence-electron chi connectivity index (χ3n) is 4.80. The maximum Gasteiger partial charge on any atom is 0.263 e. The number of methoxy groups -OCH3 is 3. The van der Waals surface area contributed by atoms with E-state index in [1.165, 1.54) is 42.7 Å². The van der Waals surface area contributed by atoms with Gasteiger partial charge in [-0.15, -0.1) is 0 Å². The first kappa shape index (κ1) is 24.7. The molecule has 3 aromatic rings. The summed E-state index contributed by atoms with van der Waals surface area (Å²) in [6, 6.07) is 9.47. The molecule has 1 heterocycles. The number of hydrogen-bond donors (Lipinski definition) is 0. The van der Waals surface area contributed by atoms with Gasteiger partial charge in [-0.05, 0) is 31.2 Å². The second-order valence-corrected chi connectivity index (χ2v) is 9.85. The SMILES string of the molecule is CCOCCn1c(=NC(=O)CS(=O)(=O)c2ccc(OC)cc2)sc2cc(OC)c(OC)cc21. The van der Waals surface area contributed by atoms with Crippen molar-refractivity contribution in [3.8, 4) is 17.2 Å². The molecule has 0 aliphatic heterocycles. The van der Waals surface area contributed by atoms with Crippen LogP contribution in [-0.2, 0) is 25.9 Å². The molecule has 0 spiro atoms. The van der Waals surface area contributed by atoms with Gasteiger partial charge < -0.3 is 23.5 Å². The number of ether oxygens (including phenoxy) is 4. The minimum absolute atomic E-state index is 0.0295. The van der Waals surface area contributed by atoms with E-state index < -0.39 is 21.5 Å². The Kier molecular flexibility index (Phi) is 8.11. The Hall–Kier alpha value is -2.89. The summed E-state index contributed by atoms with van der Waals surface area (Å²) in [6.07, 6.45) is 0. The fraction of sp³-hybridized carbons (Fsp3) is 0.364. The van der Waals surface area contributed by atoms with E-state index in [2.05, 4.69) is 4.99 Å². The molecule has 1 amide bonds. The number of sulfone groups is 1. The number of fused-ring (bicyclic) bond motifs is 1. The van der Waals surface area contributed by atoms with Crippen molar-refractivity contribution in [2.75, 3.05) is 40.3 Å². The summed E-state index contributed by atoms with van der Waals surface area (Å²) in [5.41, 5.74) is 0.780. The zero-order valence-electron chi connectivity index (χ0n) is 18.9. The molecule has 2 aromatic carbocycles. The van der Waals surface area contributed by atoms with Gasteiger partial charge in [-0.2, -0.15) is 4.99 Å². The number of carbonyl (C=O) groups excluding carboxylic acids is 1. The molecule has 33 heavy (non-hydrogen) atoms. The van der Waals surface area contributed by atoms with Crippen molar-refractivity contribution in [3.05, 3.63) is 41.2 Å². The molecule has 0 unspecified atom stereocenters. The van der Waals surface area contributed by atoms with E-state index in [0.717, 1.165) is 10.2 Å². The molecule has 0 radical (unpaired) electrons. The average Bonchev–Trinajstić information content (AvgIpc) is 3.13. The average molecular weight is 495 g/mol. The van der Waals surface area contributed by atoms with Gasteiger partial charge in [-0.3, -0.25) is 4.79 Å². The smallest absolute Gasteiger partial charge is 0.263 e. The van der Waals surface area contributed by atoms with Crippen LogP contribution in [0.4, 0.5) is 0 Å². The van der Waals surface area contributed by atoms with E-state index in [4.69, 9.17) is 18.9 Å². The van der Waals surface area contributed by atoms with Crippen LogP contribution in [0, 0.1) is 0 Å². The summed E-state index contributed by atoms with van der Waals surface area (Å²) in [5, 5.41) is 0. The van der Waals surface area contributed by atoms with Gasteiger partial charge in [-0.1, -0.05) is 11.3 Å². The second kappa shape index (κ2) is 10.8. The fourth-order valence-corrected chi connectivity index (χ4v) is 5.36. The standard InChI is InChI=1S/C22H26N2O7S2/c1-5-31-11-10-24-17-12-18(29-3)19(30-4)13-20(17)32-22(24)23-21(25)14-33(26,27)16-8-6-15(28-2)7-9-16/h6-9,12-13H,5,10-11,14H2,1-4H3. The summed E-state index contributed by atoms with van der Waals surface area (Å²) < 4.78 is 49.3. The van der Waals surface area contributed by atoms with Crippen molar-refractivity contribution in [1.29, 1.82) is 0 Å². The number of thiazole rings is 1. The summed E-state index contributed by atoms with van der Waals surface area (Å²) in [7, 11) is 0.713. The molecule has 0 aliphatic carbocycles. The van der Waals surface area contributed by atoms with Crippen LogP contribution in [0.2, 0.25) is 0 Å². The minimum atomic E-state index is -3.86. The topological polar surface area (TPSA) is 105 Å². The van der Waals surface area contributed by atoms with Gasteiger partial charge >= 0.3 is 0 Å². The minimum Gasteiger partial charge on any atom is -0.497 e. The molecule has 0 saturated heterocycles. The van der Waals surface area contributed by atoms with Crippen LogP contribution in [0.5, 0.6) is 17.2 Å². The molecule has 0 bridgehead atoms. The van der Waals surface area contributed by atoms with Crippen molar-refractivity contribution in [3.63, 3.8) is 0 Å². The normalized spacial score (nSPS) is 12.2. The van der Waals surface area contributed by atoms with Crippen LogP contribution < -0.4 is 19.0 Å². The van der Waals surface area contributed by atoms with E-state index in [-0.39, 0.29) is 4.90 Å². The summed E-state index contributed by atoms with van der Waals surface area (Å²) in [6.45, 7) is 3.28. The van der Waals surface area contributed by atoms with Crippen LogP contribution in [0.25, 0.3) is 10.2 Å². The first-order valence-electron chi connectivity index (χ1n) is 10.1. The molecule has 3 rings (SSSR count). The number of rotatable bonds is 10. The number of hydrogen-bond acceptors (Lipinski definition) is 8. The lowest BCUT2D eigenvalue weighted by molar-refractivity contribution is -0.115. The highest BCUT2D eigenvalue weighted by atomic mass is 32.2. The van der Waals surface area contributed by atoms with E-state index >= 15 is 0 Å². The molecule has 0 N–H and O–H groups in total. The largest absolute Gasteiger partial charge is 0.497 e. The molecule has 9 nitrogen and oxygen atoms in total. The highest BCUT2D eigenvalue weighted by molar-refractivity contribution is 7.92. The Morgan fingerprint density at radius 1 is 1.03 bits per heavy atom. The molecular weight excluding hydrogens is 468 g/mol. The zero-order chi connectivity index (χ0) is 24.0. The Balaban J connectivity index is 1.99. The monoisotopic (exact) mass is 494 g/mol. The first-order chi connectivity index (χ1) is 15.8. The first-order valence-corrected chi connectivity index (χ1v) is 12.6. The molecular formula is C22H26N2O7S2. The highest BCUT2D eigenvalue weighted by Crippen LogP contribution is 2.33. The van der Waals surface area contributed by atoms with Crippen LogP contribution in [0.3, 0.4) is 0 Å². The highest BCUT2D eigenvalue weighted by Gasteiger charge is 2.20. The van der Waals surface area contributed by atoms with E-state index in [0.29, 0.717) is 41.8 Å². The number of benzene rings is 2.